The number of halogens is 2. The second-order valence-electron chi connectivity index (χ2n) is 4.66. The molecule has 0 aliphatic rings. The lowest BCUT2D eigenvalue weighted by Crippen LogP contribution is -2.24. The van der Waals surface area contributed by atoms with Gasteiger partial charge in [0.05, 0.1) is 5.02 Å². The van der Waals surface area contributed by atoms with Gasteiger partial charge in [-0.25, -0.2) is 12.7 Å². The van der Waals surface area contributed by atoms with Crippen LogP contribution in [0.15, 0.2) is 17.0 Å². The Kier molecular flexibility index (Phi) is 5.65. The van der Waals surface area contributed by atoms with Crippen molar-refractivity contribution < 1.29 is 8.42 Å². The van der Waals surface area contributed by atoms with Crippen molar-refractivity contribution >= 4 is 33.2 Å². The van der Waals surface area contributed by atoms with Gasteiger partial charge in [-0.1, -0.05) is 37.0 Å². The summed E-state index contributed by atoms with van der Waals surface area (Å²) in [6, 6.07) is 3.24. The number of rotatable bonds is 5. The molecule has 0 unspecified atom stereocenters. The first kappa shape index (κ1) is 16.7. The Morgan fingerprint density at radius 2 is 1.84 bits per heavy atom. The first-order chi connectivity index (χ1) is 8.67. The molecule has 0 spiro atoms. The summed E-state index contributed by atoms with van der Waals surface area (Å²) in [6.45, 7) is 4.40. The van der Waals surface area contributed by atoms with Crippen molar-refractivity contribution in [2.75, 3.05) is 14.1 Å². The van der Waals surface area contributed by atoms with Crippen LogP contribution < -0.4 is 5.32 Å². The number of sulfonamides is 1. The van der Waals surface area contributed by atoms with E-state index in [0.29, 0.717) is 17.1 Å². The van der Waals surface area contributed by atoms with Crippen LogP contribution >= 0.6 is 23.2 Å². The van der Waals surface area contributed by atoms with Crippen molar-refractivity contribution in [1.82, 2.24) is 9.62 Å². The summed E-state index contributed by atoms with van der Waals surface area (Å²) >= 11 is 12.3. The number of nitrogens with zero attached hydrogens (tertiary/aromatic N) is 1. The second-order valence-corrected chi connectivity index (χ2v) is 7.57. The quantitative estimate of drug-likeness (QED) is 0.906. The van der Waals surface area contributed by atoms with Crippen LogP contribution in [0.25, 0.3) is 0 Å². The van der Waals surface area contributed by atoms with Gasteiger partial charge in [0.1, 0.15) is 4.90 Å². The molecule has 0 amide bonds. The first-order valence-electron chi connectivity index (χ1n) is 5.80. The van der Waals surface area contributed by atoms with Gasteiger partial charge >= 0.3 is 0 Å². The standard InChI is InChI=1S/C12H18Cl2N2O2S/c1-8(2)15-7-9-10(13)5-6-11(12(9)14)19(17,18)16(3)4/h5-6,8,15H,7H2,1-4H3. The van der Waals surface area contributed by atoms with Crippen molar-refractivity contribution in [3.63, 3.8) is 0 Å². The average molecular weight is 325 g/mol. The Bertz CT molecular complexity index is 557. The lowest BCUT2D eigenvalue weighted by atomic mass is 10.2. The largest absolute Gasteiger partial charge is 0.310 e. The number of hydrogen-bond acceptors (Lipinski definition) is 3. The Hall–Kier alpha value is -0.330. The van der Waals surface area contributed by atoms with Crippen LogP contribution in [-0.2, 0) is 16.6 Å². The number of hydrogen-bond donors (Lipinski definition) is 1. The van der Waals surface area contributed by atoms with E-state index in [9.17, 15) is 8.42 Å². The van der Waals surface area contributed by atoms with E-state index in [2.05, 4.69) is 5.32 Å². The number of benzene rings is 1. The molecular weight excluding hydrogens is 307 g/mol. The molecule has 1 N–H and O–H groups in total. The summed E-state index contributed by atoms with van der Waals surface area (Å²) < 4.78 is 25.4. The maximum absolute atomic E-state index is 12.1. The minimum atomic E-state index is -3.57. The molecule has 0 atom stereocenters. The molecule has 7 heteroatoms. The van der Waals surface area contributed by atoms with Crippen LogP contribution in [0.2, 0.25) is 10.0 Å². The van der Waals surface area contributed by atoms with Crippen LogP contribution in [0.4, 0.5) is 0 Å². The van der Waals surface area contributed by atoms with Crippen molar-refractivity contribution in [1.29, 1.82) is 0 Å². The molecule has 0 heterocycles. The van der Waals surface area contributed by atoms with Gasteiger partial charge in [-0.3, -0.25) is 0 Å². The zero-order valence-corrected chi connectivity index (χ0v) is 13.7. The summed E-state index contributed by atoms with van der Waals surface area (Å²) in [4.78, 5) is 0.0733. The fourth-order valence-corrected chi connectivity index (χ4v) is 3.22. The highest BCUT2D eigenvalue weighted by Gasteiger charge is 2.23. The molecule has 19 heavy (non-hydrogen) atoms. The maximum Gasteiger partial charge on any atom is 0.244 e. The van der Waals surface area contributed by atoms with Crippen molar-refractivity contribution in [3.05, 3.63) is 27.7 Å². The van der Waals surface area contributed by atoms with E-state index in [0.717, 1.165) is 4.31 Å². The Labute approximate surface area is 124 Å². The van der Waals surface area contributed by atoms with Gasteiger partial charge in [0.15, 0.2) is 0 Å². The summed E-state index contributed by atoms with van der Waals surface area (Å²) in [5.41, 5.74) is 0.597. The third-order valence-electron chi connectivity index (χ3n) is 2.60. The smallest absolute Gasteiger partial charge is 0.244 e. The van der Waals surface area contributed by atoms with Gasteiger partial charge in [0, 0.05) is 37.3 Å². The van der Waals surface area contributed by atoms with Crippen molar-refractivity contribution in [2.24, 2.45) is 0 Å². The molecule has 0 aliphatic heterocycles. The molecule has 0 fully saturated rings. The third-order valence-corrected chi connectivity index (χ3v) is 5.35. The van der Waals surface area contributed by atoms with Gasteiger partial charge in [-0.2, -0.15) is 0 Å². The molecule has 1 aromatic rings. The minimum Gasteiger partial charge on any atom is -0.310 e. The maximum atomic E-state index is 12.1. The zero-order chi connectivity index (χ0) is 14.8. The highest BCUT2D eigenvalue weighted by Crippen LogP contribution is 2.32. The third kappa shape index (κ3) is 3.83. The van der Waals surface area contributed by atoms with E-state index >= 15 is 0 Å². The molecule has 108 valence electrons. The first-order valence-corrected chi connectivity index (χ1v) is 8.00. The van der Waals surface area contributed by atoms with Crippen molar-refractivity contribution in [3.8, 4) is 0 Å². The molecule has 0 aliphatic carbocycles. The van der Waals surface area contributed by atoms with E-state index in [4.69, 9.17) is 23.2 Å². The topological polar surface area (TPSA) is 49.4 Å². The van der Waals surface area contributed by atoms with Gasteiger partial charge in [0.25, 0.3) is 0 Å². The Balaban J connectivity index is 3.28. The van der Waals surface area contributed by atoms with Gasteiger partial charge < -0.3 is 5.32 Å². The van der Waals surface area contributed by atoms with Crippen LogP contribution in [-0.4, -0.2) is 32.9 Å². The van der Waals surface area contributed by atoms with Crippen LogP contribution in [0.3, 0.4) is 0 Å². The molecule has 1 aromatic carbocycles. The van der Waals surface area contributed by atoms with Crippen LogP contribution in [0.5, 0.6) is 0 Å². The van der Waals surface area contributed by atoms with E-state index in [1.165, 1.54) is 20.2 Å². The zero-order valence-electron chi connectivity index (χ0n) is 11.4. The monoisotopic (exact) mass is 324 g/mol. The predicted molar refractivity (Wildman–Crippen MR) is 79.3 cm³/mol. The summed E-state index contributed by atoms with van der Waals surface area (Å²) in [5.74, 6) is 0. The second kappa shape index (κ2) is 6.41. The van der Waals surface area contributed by atoms with Crippen molar-refractivity contribution in [2.45, 2.75) is 31.3 Å². The summed E-state index contributed by atoms with van der Waals surface area (Å²) in [7, 11) is -0.641. The summed E-state index contributed by atoms with van der Waals surface area (Å²) in [5, 5.41) is 3.80. The molecule has 0 radical (unpaired) electrons. The molecule has 0 saturated carbocycles. The van der Waals surface area contributed by atoms with Gasteiger partial charge in [-0.15, -0.1) is 0 Å². The SMILES string of the molecule is CC(C)NCc1c(Cl)ccc(S(=O)(=O)N(C)C)c1Cl. The molecule has 1 rings (SSSR count). The molecule has 4 nitrogen and oxygen atoms in total. The van der Waals surface area contributed by atoms with Gasteiger partial charge in [0.2, 0.25) is 10.0 Å². The highest BCUT2D eigenvalue weighted by molar-refractivity contribution is 7.89. The van der Waals surface area contributed by atoms with E-state index < -0.39 is 10.0 Å². The van der Waals surface area contributed by atoms with Crippen LogP contribution in [0.1, 0.15) is 19.4 Å². The Morgan fingerprint density at radius 3 is 2.32 bits per heavy atom. The van der Waals surface area contributed by atoms with E-state index in [-0.39, 0.29) is 16.0 Å². The summed E-state index contributed by atoms with van der Waals surface area (Å²) in [6.07, 6.45) is 0. The molecule has 0 bridgehead atoms. The molecule has 0 saturated heterocycles. The highest BCUT2D eigenvalue weighted by atomic mass is 35.5. The fraction of sp³-hybridized carbons (Fsp3) is 0.500. The Morgan fingerprint density at radius 1 is 1.26 bits per heavy atom. The van der Waals surface area contributed by atoms with E-state index in [1.807, 2.05) is 13.8 Å². The molecular formula is C12H18Cl2N2O2S. The molecule has 0 aromatic heterocycles. The lowest BCUT2D eigenvalue weighted by Gasteiger charge is -2.17. The lowest BCUT2D eigenvalue weighted by molar-refractivity contribution is 0.520. The predicted octanol–water partition coefficient (Wildman–Crippen LogP) is 2.74. The normalized spacial score (nSPS) is 12.4. The van der Waals surface area contributed by atoms with Crippen LogP contribution in [0, 0.1) is 0 Å². The average Bonchev–Trinajstić information content (AvgIpc) is 2.27. The number of nitrogens with one attached hydrogen (secondary N) is 1. The van der Waals surface area contributed by atoms with E-state index in [1.54, 1.807) is 6.07 Å². The fourth-order valence-electron chi connectivity index (χ4n) is 1.44. The van der Waals surface area contributed by atoms with Gasteiger partial charge in [-0.05, 0) is 12.1 Å². The minimum absolute atomic E-state index is 0.0733.